The number of carbonyl (C=O) groups excluding carboxylic acids is 2. The van der Waals surface area contributed by atoms with Crippen LogP contribution in [0.3, 0.4) is 0 Å². The molecule has 11 heteroatoms. The zero-order valence-corrected chi connectivity index (χ0v) is 18.6. The van der Waals surface area contributed by atoms with E-state index in [1.165, 1.54) is 13.8 Å². The van der Waals surface area contributed by atoms with Crippen LogP contribution in [0.4, 0.5) is 18.9 Å². The van der Waals surface area contributed by atoms with Gasteiger partial charge in [0.2, 0.25) is 0 Å². The van der Waals surface area contributed by atoms with Gasteiger partial charge in [-0.3, -0.25) is 14.5 Å². The van der Waals surface area contributed by atoms with Gasteiger partial charge in [-0.2, -0.15) is 18.3 Å². The van der Waals surface area contributed by atoms with Gasteiger partial charge in [0, 0.05) is 28.8 Å². The van der Waals surface area contributed by atoms with Crippen molar-refractivity contribution in [2.45, 2.75) is 57.3 Å². The highest BCUT2D eigenvalue weighted by Gasteiger charge is 2.34. The molecule has 3 aromatic rings. The molecule has 1 aliphatic carbocycles. The summed E-state index contributed by atoms with van der Waals surface area (Å²) in [5.41, 5.74) is -1.96. The molecule has 8 nitrogen and oxygen atoms in total. The van der Waals surface area contributed by atoms with Crippen LogP contribution < -0.4 is 5.32 Å². The standard InChI is InChI=1S/C23H24F3N5O3/c1-22(2,34)16-8-17-14(11-31(30-17)15-5-3-13(12-32)4-6-15)7-18(16)29-21(33)19-9-27-10-20(28-19)23(24,25)26/h7-13,15,34H,3-6H2,1-2H3,(H,29,33). The van der Waals surface area contributed by atoms with E-state index in [9.17, 15) is 27.9 Å². The van der Waals surface area contributed by atoms with Gasteiger partial charge in [-0.05, 0) is 51.7 Å². The fourth-order valence-electron chi connectivity index (χ4n) is 4.19. The first-order valence-corrected chi connectivity index (χ1v) is 10.9. The number of nitrogens with one attached hydrogen (secondary N) is 1. The van der Waals surface area contributed by atoms with Gasteiger partial charge >= 0.3 is 6.18 Å². The number of carbonyl (C=O) groups is 2. The number of halogens is 3. The summed E-state index contributed by atoms with van der Waals surface area (Å²) in [5.74, 6) is -0.813. The van der Waals surface area contributed by atoms with Crippen LogP contribution in [0.25, 0.3) is 10.9 Å². The van der Waals surface area contributed by atoms with E-state index >= 15 is 0 Å². The minimum atomic E-state index is -4.74. The first-order chi connectivity index (χ1) is 16.0. The van der Waals surface area contributed by atoms with E-state index in [1.807, 2.05) is 10.9 Å². The second kappa shape index (κ2) is 8.79. The van der Waals surface area contributed by atoms with E-state index in [0.717, 1.165) is 38.2 Å². The summed E-state index contributed by atoms with van der Waals surface area (Å²) in [7, 11) is 0. The third kappa shape index (κ3) is 4.93. The molecule has 1 aliphatic rings. The van der Waals surface area contributed by atoms with Crippen LogP contribution in [0.2, 0.25) is 0 Å². The number of hydrogen-bond donors (Lipinski definition) is 2. The highest BCUT2D eigenvalue weighted by molar-refractivity contribution is 6.04. The largest absolute Gasteiger partial charge is 0.434 e. The van der Waals surface area contributed by atoms with Gasteiger partial charge in [0.25, 0.3) is 5.91 Å². The summed E-state index contributed by atoms with van der Waals surface area (Å²) in [6, 6.07) is 3.41. The number of nitrogens with zero attached hydrogens (tertiary/aromatic N) is 4. The second-order valence-electron chi connectivity index (χ2n) is 9.07. The highest BCUT2D eigenvalue weighted by atomic mass is 19.4. The van der Waals surface area contributed by atoms with Crippen LogP contribution >= 0.6 is 0 Å². The molecule has 0 saturated heterocycles. The molecule has 0 aliphatic heterocycles. The van der Waals surface area contributed by atoms with Gasteiger partial charge in [0.1, 0.15) is 12.0 Å². The fourth-order valence-corrected chi connectivity index (χ4v) is 4.19. The topological polar surface area (TPSA) is 110 Å². The van der Waals surface area contributed by atoms with Crippen molar-refractivity contribution in [1.82, 2.24) is 19.7 Å². The molecule has 0 bridgehead atoms. The van der Waals surface area contributed by atoms with Gasteiger partial charge in [0.15, 0.2) is 5.69 Å². The Labute approximate surface area is 193 Å². The lowest BCUT2D eigenvalue weighted by Gasteiger charge is -2.25. The van der Waals surface area contributed by atoms with Gasteiger partial charge < -0.3 is 15.2 Å². The smallest absolute Gasteiger partial charge is 0.386 e. The molecule has 2 heterocycles. The van der Waals surface area contributed by atoms with Crippen molar-refractivity contribution in [2.75, 3.05) is 5.32 Å². The van der Waals surface area contributed by atoms with Crippen molar-refractivity contribution in [1.29, 1.82) is 0 Å². The molecule has 1 fully saturated rings. The number of rotatable bonds is 5. The predicted molar refractivity (Wildman–Crippen MR) is 117 cm³/mol. The molecule has 1 amide bonds. The van der Waals surface area contributed by atoms with Crippen LogP contribution in [0.5, 0.6) is 0 Å². The van der Waals surface area contributed by atoms with E-state index in [1.54, 1.807) is 12.1 Å². The van der Waals surface area contributed by atoms with Crippen molar-refractivity contribution in [3.05, 3.63) is 47.7 Å². The van der Waals surface area contributed by atoms with Crippen molar-refractivity contribution in [3.8, 4) is 0 Å². The van der Waals surface area contributed by atoms with Crippen LogP contribution in [-0.2, 0) is 16.6 Å². The Hall–Kier alpha value is -3.34. The fraction of sp³-hybridized carbons (Fsp3) is 0.435. The zero-order chi connectivity index (χ0) is 24.7. The Morgan fingerprint density at radius 2 is 1.88 bits per heavy atom. The summed E-state index contributed by atoms with van der Waals surface area (Å²) in [6.45, 7) is 3.07. The predicted octanol–water partition coefficient (Wildman–Crippen LogP) is 4.26. The number of hydrogen-bond acceptors (Lipinski definition) is 6. The van der Waals surface area contributed by atoms with E-state index in [4.69, 9.17) is 0 Å². The first-order valence-electron chi connectivity index (χ1n) is 10.9. The quantitative estimate of drug-likeness (QED) is 0.534. The van der Waals surface area contributed by atoms with Crippen LogP contribution in [0.1, 0.15) is 67.3 Å². The van der Waals surface area contributed by atoms with Gasteiger partial charge in [-0.25, -0.2) is 4.98 Å². The number of aliphatic hydroxyl groups is 1. The number of benzene rings is 1. The number of fused-ring (bicyclic) bond motifs is 1. The maximum absolute atomic E-state index is 13.0. The lowest BCUT2D eigenvalue weighted by atomic mass is 9.87. The molecule has 0 atom stereocenters. The lowest BCUT2D eigenvalue weighted by molar-refractivity contribution is -0.141. The Kier molecular flexibility index (Phi) is 6.15. The molecule has 180 valence electrons. The summed E-state index contributed by atoms with van der Waals surface area (Å²) >= 11 is 0. The molecule has 0 spiro atoms. The van der Waals surface area contributed by atoms with E-state index in [0.29, 0.717) is 22.7 Å². The maximum Gasteiger partial charge on any atom is 0.434 e. The SMILES string of the molecule is CC(C)(O)c1cc2nn(C3CCC(C=O)CC3)cc2cc1NC(=O)c1cncc(C(F)(F)F)n1. The minimum absolute atomic E-state index is 0.0729. The number of aromatic nitrogens is 4. The molecular weight excluding hydrogens is 451 g/mol. The van der Waals surface area contributed by atoms with Crippen molar-refractivity contribution in [2.24, 2.45) is 5.92 Å². The third-order valence-electron chi connectivity index (χ3n) is 6.03. The number of aldehydes is 1. The molecular formula is C23H24F3N5O3. The van der Waals surface area contributed by atoms with Gasteiger partial charge in [-0.15, -0.1) is 0 Å². The van der Waals surface area contributed by atoms with Crippen LogP contribution in [-0.4, -0.2) is 37.0 Å². The average molecular weight is 475 g/mol. The second-order valence-corrected chi connectivity index (χ2v) is 9.07. The lowest BCUT2D eigenvalue weighted by Crippen LogP contribution is -2.22. The average Bonchev–Trinajstić information content (AvgIpc) is 3.20. The minimum Gasteiger partial charge on any atom is -0.386 e. The molecule has 4 rings (SSSR count). The highest BCUT2D eigenvalue weighted by Crippen LogP contribution is 2.35. The van der Waals surface area contributed by atoms with Crippen LogP contribution in [0.15, 0.2) is 30.7 Å². The molecule has 1 saturated carbocycles. The molecule has 34 heavy (non-hydrogen) atoms. The van der Waals surface area contributed by atoms with Crippen molar-refractivity contribution in [3.63, 3.8) is 0 Å². The Morgan fingerprint density at radius 3 is 2.50 bits per heavy atom. The number of amides is 1. The normalized spacial score (nSPS) is 19.2. The van der Waals surface area contributed by atoms with Gasteiger partial charge in [-0.1, -0.05) is 0 Å². The molecule has 0 radical (unpaired) electrons. The molecule has 0 unspecified atom stereocenters. The van der Waals surface area contributed by atoms with E-state index in [-0.39, 0.29) is 17.6 Å². The molecule has 2 aromatic heterocycles. The maximum atomic E-state index is 13.0. The Balaban J connectivity index is 1.66. The molecule has 2 N–H and O–H groups in total. The Bertz CT molecular complexity index is 1220. The van der Waals surface area contributed by atoms with Gasteiger partial charge in [0.05, 0.1) is 29.6 Å². The van der Waals surface area contributed by atoms with Crippen molar-refractivity contribution >= 4 is 28.8 Å². The summed E-state index contributed by atoms with van der Waals surface area (Å²) < 4.78 is 40.7. The third-order valence-corrected chi connectivity index (χ3v) is 6.03. The van der Waals surface area contributed by atoms with E-state index in [2.05, 4.69) is 20.4 Å². The molecule has 1 aromatic carbocycles. The number of alkyl halides is 3. The summed E-state index contributed by atoms with van der Waals surface area (Å²) in [6.07, 6.45) is 2.78. The monoisotopic (exact) mass is 475 g/mol. The first kappa shape index (κ1) is 23.8. The zero-order valence-electron chi connectivity index (χ0n) is 18.6. The summed E-state index contributed by atoms with van der Waals surface area (Å²) in [4.78, 5) is 30.6. The number of anilines is 1. The summed E-state index contributed by atoms with van der Waals surface area (Å²) in [5, 5.41) is 18.6. The van der Waals surface area contributed by atoms with Crippen molar-refractivity contribution < 1.29 is 27.9 Å². The van der Waals surface area contributed by atoms with Crippen LogP contribution in [0, 0.1) is 5.92 Å². The van der Waals surface area contributed by atoms with E-state index < -0.39 is 29.1 Å². The Morgan fingerprint density at radius 1 is 1.18 bits per heavy atom.